The maximum atomic E-state index is 12.1. The first-order valence-electron chi connectivity index (χ1n) is 7.58. The SMILES string of the molecule is C[C@H](NC(=O)Cn1ccc(=O)[nH]c1=O)c1ccc2c(c1)NC(=O)CO2. The molecular formula is C16H16N4O5. The van der Waals surface area contributed by atoms with Gasteiger partial charge in [0.15, 0.2) is 6.61 Å². The van der Waals surface area contributed by atoms with Crippen LogP contribution in [0.2, 0.25) is 0 Å². The van der Waals surface area contributed by atoms with Crippen molar-refractivity contribution >= 4 is 17.5 Å². The summed E-state index contributed by atoms with van der Waals surface area (Å²) in [5.41, 5.74) is 0.149. The Labute approximate surface area is 141 Å². The highest BCUT2D eigenvalue weighted by Gasteiger charge is 2.18. The van der Waals surface area contributed by atoms with Crippen molar-refractivity contribution in [3.63, 3.8) is 0 Å². The number of benzene rings is 1. The van der Waals surface area contributed by atoms with Crippen LogP contribution < -0.4 is 26.6 Å². The predicted molar refractivity (Wildman–Crippen MR) is 88.4 cm³/mol. The van der Waals surface area contributed by atoms with Crippen LogP contribution in [0.1, 0.15) is 18.5 Å². The van der Waals surface area contributed by atoms with Gasteiger partial charge in [0.25, 0.3) is 11.5 Å². The Morgan fingerprint density at radius 1 is 1.32 bits per heavy atom. The lowest BCUT2D eigenvalue weighted by atomic mass is 10.1. The fourth-order valence-electron chi connectivity index (χ4n) is 2.46. The fourth-order valence-corrected chi connectivity index (χ4v) is 2.46. The van der Waals surface area contributed by atoms with Crippen LogP contribution in [-0.2, 0) is 16.1 Å². The van der Waals surface area contributed by atoms with Gasteiger partial charge in [0.2, 0.25) is 5.91 Å². The quantitative estimate of drug-likeness (QED) is 0.706. The van der Waals surface area contributed by atoms with Crippen LogP contribution in [0.15, 0.2) is 40.1 Å². The molecule has 1 aliphatic rings. The molecule has 1 aromatic heterocycles. The van der Waals surface area contributed by atoms with E-state index in [0.717, 1.165) is 10.1 Å². The van der Waals surface area contributed by atoms with Gasteiger partial charge in [-0.15, -0.1) is 0 Å². The van der Waals surface area contributed by atoms with Crippen LogP contribution >= 0.6 is 0 Å². The Hall–Kier alpha value is -3.36. The van der Waals surface area contributed by atoms with Crippen molar-refractivity contribution in [3.8, 4) is 5.75 Å². The van der Waals surface area contributed by atoms with Crippen molar-refractivity contribution in [2.45, 2.75) is 19.5 Å². The van der Waals surface area contributed by atoms with E-state index in [4.69, 9.17) is 4.74 Å². The normalized spacial score (nSPS) is 14.0. The van der Waals surface area contributed by atoms with Gasteiger partial charge in [-0.05, 0) is 24.6 Å². The zero-order valence-corrected chi connectivity index (χ0v) is 13.4. The minimum atomic E-state index is -0.649. The molecule has 0 aliphatic carbocycles. The molecule has 25 heavy (non-hydrogen) atoms. The Morgan fingerprint density at radius 3 is 2.88 bits per heavy atom. The Kier molecular flexibility index (Phi) is 4.38. The summed E-state index contributed by atoms with van der Waals surface area (Å²) in [5, 5.41) is 5.47. The molecular weight excluding hydrogens is 328 g/mol. The summed E-state index contributed by atoms with van der Waals surface area (Å²) >= 11 is 0. The zero-order valence-electron chi connectivity index (χ0n) is 13.4. The number of amides is 2. The number of hydrogen-bond acceptors (Lipinski definition) is 5. The summed E-state index contributed by atoms with van der Waals surface area (Å²) < 4.78 is 6.39. The van der Waals surface area contributed by atoms with Crippen molar-refractivity contribution in [2.24, 2.45) is 0 Å². The van der Waals surface area contributed by atoms with Crippen LogP contribution in [0.25, 0.3) is 0 Å². The lowest BCUT2D eigenvalue weighted by Crippen LogP contribution is -2.36. The number of nitrogens with one attached hydrogen (secondary N) is 3. The molecule has 0 saturated carbocycles. The number of hydrogen-bond donors (Lipinski definition) is 3. The van der Waals surface area contributed by atoms with Gasteiger partial charge < -0.3 is 15.4 Å². The molecule has 9 heteroatoms. The summed E-state index contributed by atoms with van der Waals surface area (Å²) in [7, 11) is 0. The lowest BCUT2D eigenvalue weighted by molar-refractivity contribution is -0.122. The van der Waals surface area contributed by atoms with E-state index in [9.17, 15) is 19.2 Å². The Morgan fingerprint density at radius 2 is 2.12 bits per heavy atom. The number of anilines is 1. The largest absolute Gasteiger partial charge is 0.482 e. The predicted octanol–water partition coefficient (Wildman–Crippen LogP) is -0.255. The molecule has 0 fully saturated rings. The average molecular weight is 344 g/mol. The number of ether oxygens (including phenoxy) is 1. The molecule has 0 unspecified atom stereocenters. The van der Waals surface area contributed by atoms with E-state index in [-0.39, 0.29) is 31.0 Å². The summed E-state index contributed by atoms with van der Waals surface area (Å²) in [5.74, 6) is -0.0555. The molecule has 1 aromatic carbocycles. The smallest absolute Gasteiger partial charge is 0.328 e. The van der Waals surface area contributed by atoms with Gasteiger partial charge in [-0.3, -0.25) is 23.9 Å². The van der Waals surface area contributed by atoms with Crippen molar-refractivity contribution in [1.29, 1.82) is 0 Å². The molecule has 0 spiro atoms. The second-order valence-corrected chi connectivity index (χ2v) is 5.62. The molecule has 0 saturated heterocycles. The minimum Gasteiger partial charge on any atom is -0.482 e. The lowest BCUT2D eigenvalue weighted by Gasteiger charge is -2.21. The van der Waals surface area contributed by atoms with Gasteiger partial charge in [0, 0.05) is 12.3 Å². The minimum absolute atomic E-state index is 0.0213. The van der Waals surface area contributed by atoms with Crippen molar-refractivity contribution in [2.75, 3.05) is 11.9 Å². The van der Waals surface area contributed by atoms with E-state index in [1.54, 1.807) is 25.1 Å². The van der Waals surface area contributed by atoms with E-state index >= 15 is 0 Å². The van der Waals surface area contributed by atoms with Gasteiger partial charge in [-0.1, -0.05) is 6.07 Å². The van der Waals surface area contributed by atoms with Crippen molar-refractivity contribution in [3.05, 3.63) is 56.9 Å². The van der Waals surface area contributed by atoms with Crippen molar-refractivity contribution in [1.82, 2.24) is 14.9 Å². The number of fused-ring (bicyclic) bond motifs is 1. The number of rotatable bonds is 4. The van der Waals surface area contributed by atoms with Crippen LogP contribution in [0.3, 0.4) is 0 Å². The fraction of sp³-hybridized carbons (Fsp3) is 0.250. The first-order chi connectivity index (χ1) is 11.9. The third kappa shape index (κ3) is 3.77. The van der Waals surface area contributed by atoms with Crippen LogP contribution in [0.5, 0.6) is 5.75 Å². The number of nitrogens with zero attached hydrogens (tertiary/aromatic N) is 1. The number of carbonyl (C=O) groups is 2. The average Bonchev–Trinajstić information content (AvgIpc) is 2.56. The molecule has 0 radical (unpaired) electrons. The second-order valence-electron chi connectivity index (χ2n) is 5.62. The van der Waals surface area contributed by atoms with Gasteiger partial charge in [-0.25, -0.2) is 4.79 Å². The van der Waals surface area contributed by atoms with Gasteiger partial charge in [0.05, 0.1) is 11.7 Å². The van der Waals surface area contributed by atoms with E-state index in [0.29, 0.717) is 11.4 Å². The summed E-state index contributed by atoms with van der Waals surface area (Å²) in [4.78, 5) is 48.2. The molecule has 3 N–H and O–H groups in total. The molecule has 2 amide bonds. The number of aromatic amines is 1. The molecule has 3 rings (SSSR count). The maximum Gasteiger partial charge on any atom is 0.328 e. The molecule has 9 nitrogen and oxygen atoms in total. The van der Waals surface area contributed by atoms with Crippen LogP contribution in [-0.4, -0.2) is 28.0 Å². The second kappa shape index (κ2) is 6.63. The molecule has 130 valence electrons. The van der Waals surface area contributed by atoms with Gasteiger partial charge >= 0.3 is 5.69 Å². The number of H-pyrrole nitrogens is 1. The van der Waals surface area contributed by atoms with Gasteiger partial charge in [-0.2, -0.15) is 0 Å². The maximum absolute atomic E-state index is 12.1. The summed E-state index contributed by atoms with van der Waals surface area (Å²) in [6, 6.07) is 6.05. The highest BCUT2D eigenvalue weighted by atomic mass is 16.5. The number of carbonyl (C=O) groups excluding carboxylic acids is 2. The zero-order chi connectivity index (χ0) is 18.0. The monoisotopic (exact) mass is 344 g/mol. The highest BCUT2D eigenvalue weighted by molar-refractivity contribution is 5.95. The highest BCUT2D eigenvalue weighted by Crippen LogP contribution is 2.30. The Bertz CT molecular complexity index is 946. The number of aromatic nitrogens is 2. The van der Waals surface area contributed by atoms with E-state index in [2.05, 4.69) is 15.6 Å². The molecule has 1 aliphatic heterocycles. The molecule has 0 bridgehead atoms. The molecule has 2 heterocycles. The van der Waals surface area contributed by atoms with E-state index in [1.165, 1.54) is 12.3 Å². The first kappa shape index (κ1) is 16.5. The van der Waals surface area contributed by atoms with Crippen LogP contribution in [0, 0.1) is 0 Å². The summed E-state index contributed by atoms with van der Waals surface area (Å²) in [6.45, 7) is 1.54. The standard InChI is InChI=1S/C16H16N4O5/c1-9(10-2-3-12-11(6-10)18-15(23)8-25-12)17-14(22)7-20-5-4-13(21)19-16(20)24/h2-6,9H,7-8H2,1H3,(H,17,22)(H,18,23)(H,19,21,24)/t9-/m0/s1. The van der Waals surface area contributed by atoms with Gasteiger partial charge in [0.1, 0.15) is 12.3 Å². The van der Waals surface area contributed by atoms with E-state index < -0.39 is 11.2 Å². The topological polar surface area (TPSA) is 122 Å². The summed E-state index contributed by atoms with van der Waals surface area (Å²) in [6.07, 6.45) is 1.26. The molecule has 1 atom stereocenters. The third-order valence-electron chi connectivity index (χ3n) is 3.72. The first-order valence-corrected chi connectivity index (χ1v) is 7.58. The van der Waals surface area contributed by atoms with Crippen molar-refractivity contribution < 1.29 is 14.3 Å². The third-order valence-corrected chi connectivity index (χ3v) is 3.72. The molecule has 2 aromatic rings. The van der Waals surface area contributed by atoms with Crippen LogP contribution in [0.4, 0.5) is 5.69 Å². The van der Waals surface area contributed by atoms with E-state index in [1.807, 2.05) is 0 Å². The Balaban J connectivity index is 1.69.